The number of hydrogen-bond acceptors (Lipinski definition) is 5. The summed E-state index contributed by atoms with van der Waals surface area (Å²) >= 11 is 0. The normalized spacial score (nSPS) is 22.8. The number of nitrogens with one attached hydrogen (secondary N) is 2. The Bertz CT molecular complexity index is 454. The zero-order chi connectivity index (χ0) is 13.8. The minimum absolute atomic E-state index is 0. The number of hydrogen-bond donors (Lipinski definition) is 2. The first kappa shape index (κ1) is 16.2. The van der Waals surface area contributed by atoms with Crippen LogP contribution in [0.3, 0.4) is 0 Å². The summed E-state index contributed by atoms with van der Waals surface area (Å²) in [6.07, 6.45) is 7.15. The standard InChI is InChI=1S/C14H22N4O2.ClH/c19-13(16-11-4-2-1-3-5-11)8-12-17-14(20-18-12)10-6-7-15-9-10;/h10-11,15H,1-9H2,(H,16,19);1H/t10-;/m1./s1. The lowest BCUT2D eigenvalue weighted by Crippen LogP contribution is -2.37. The number of halogens is 1. The third-order valence-electron chi connectivity index (χ3n) is 4.18. The molecule has 7 heteroatoms. The van der Waals surface area contributed by atoms with Crippen LogP contribution in [0.5, 0.6) is 0 Å². The van der Waals surface area contributed by atoms with Crippen LogP contribution in [0.25, 0.3) is 0 Å². The second kappa shape index (κ2) is 7.75. The summed E-state index contributed by atoms with van der Waals surface area (Å²) in [5, 5.41) is 10.3. The van der Waals surface area contributed by atoms with Gasteiger partial charge in [0.2, 0.25) is 11.8 Å². The van der Waals surface area contributed by atoms with Crippen molar-refractivity contribution < 1.29 is 9.32 Å². The smallest absolute Gasteiger partial charge is 0.231 e. The third-order valence-corrected chi connectivity index (χ3v) is 4.18. The molecule has 0 aromatic carbocycles. The lowest BCUT2D eigenvalue weighted by Gasteiger charge is -2.22. The average molecular weight is 315 g/mol. The highest BCUT2D eigenvalue weighted by molar-refractivity contribution is 5.85. The van der Waals surface area contributed by atoms with E-state index >= 15 is 0 Å². The fourth-order valence-electron chi connectivity index (χ4n) is 3.04. The van der Waals surface area contributed by atoms with Gasteiger partial charge in [-0.3, -0.25) is 4.79 Å². The first-order chi connectivity index (χ1) is 9.81. The molecule has 2 heterocycles. The van der Waals surface area contributed by atoms with Gasteiger partial charge in [0.05, 0.1) is 12.3 Å². The fourth-order valence-corrected chi connectivity index (χ4v) is 3.04. The molecule has 1 amide bonds. The number of nitrogens with zero attached hydrogens (tertiary/aromatic N) is 2. The summed E-state index contributed by atoms with van der Waals surface area (Å²) < 4.78 is 5.26. The van der Waals surface area contributed by atoms with Crippen molar-refractivity contribution in [3.63, 3.8) is 0 Å². The molecule has 0 bridgehead atoms. The maximum absolute atomic E-state index is 12.0. The Morgan fingerprint density at radius 1 is 1.29 bits per heavy atom. The lowest BCUT2D eigenvalue weighted by molar-refractivity contribution is -0.121. The largest absolute Gasteiger partial charge is 0.353 e. The molecule has 1 aromatic heterocycles. The van der Waals surface area contributed by atoms with Gasteiger partial charge in [0.15, 0.2) is 5.82 Å². The summed E-state index contributed by atoms with van der Waals surface area (Å²) in [6.45, 7) is 1.88. The van der Waals surface area contributed by atoms with E-state index in [9.17, 15) is 4.79 Å². The molecule has 2 aliphatic rings. The number of amides is 1. The van der Waals surface area contributed by atoms with Crippen molar-refractivity contribution in [2.24, 2.45) is 0 Å². The van der Waals surface area contributed by atoms with Crippen molar-refractivity contribution in [1.82, 2.24) is 20.8 Å². The van der Waals surface area contributed by atoms with E-state index in [0.29, 0.717) is 23.7 Å². The maximum atomic E-state index is 12.0. The van der Waals surface area contributed by atoms with Crippen LogP contribution in [-0.4, -0.2) is 35.2 Å². The van der Waals surface area contributed by atoms with E-state index < -0.39 is 0 Å². The van der Waals surface area contributed by atoms with Crippen LogP contribution >= 0.6 is 12.4 Å². The predicted molar refractivity (Wildman–Crippen MR) is 80.5 cm³/mol. The van der Waals surface area contributed by atoms with Crippen LogP contribution in [0.1, 0.15) is 56.2 Å². The maximum Gasteiger partial charge on any atom is 0.231 e. The van der Waals surface area contributed by atoms with Crippen molar-refractivity contribution in [3.05, 3.63) is 11.7 Å². The summed E-state index contributed by atoms with van der Waals surface area (Å²) in [7, 11) is 0. The number of rotatable bonds is 4. The Morgan fingerprint density at radius 3 is 2.81 bits per heavy atom. The fraction of sp³-hybridized carbons (Fsp3) is 0.786. The van der Waals surface area contributed by atoms with Crippen molar-refractivity contribution in [2.75, 3.05) is 13.1 Å². The monoisotopic (exact) mass is 314 g/mol. The molecule has 3 rings (SSSR count). The molecular formula is C14H23ClN4O2. The van der Waals surface area contributed by atoms with E-state index in [1.54, 1.807) is 0 Å². The van der Waals surface area contributed by atoms with E-state index in [1.807, 2.05) is 0 Å². The first-order valence-electron chi connectivity index (χ1n) is 7.64. The van der Waals surface area contributed by atoms with Crippen LogP contribution < -0.4 is 10.6 Å². The van der Waals surface area contributed by atoms with Gasteiger partial charge >= 0.3 is 0 Å². The number of aromatic nitrogens is 2. The SMILES string of the molecule is Cl.O=C(Cc1noc([C@@H]2CCNC2)n1)NC1CCCCC1. The highest BCUT2D eigenvalue weighted by Gasteiger charge is 2.23. The van der Waals surface area contributed by atoms with Gasteiger partial charge in [-0.15, -0.1) is 12.4 Å². The van der Waals surface area contributed by atoms with E-state index in [2.05, 4.69) is 20.8 Å². The summed E-state index contributed by atoms with van der Waals surface area (Å²) in [4.78, 5) is 16.3. The van der Waals surface area contributed by atoms with Crippen LogP contribution in [0, 0.1) is 0 Å². The Hall–Kier alpha value is -1.14. The molecule has 1 aromatic rings. The van der Waals surface area contributed by atoms with Gasteiger partial charge in [-0.1, -0.05) is 24.4 Å². The molecule has 6 nitrogen and oxygen atoms in total. The van der Waals surface area contributed by atoms with Crippen LogP contribution in [0.2, 0.25) is 0 Å². The second-order valence-electron chi connectivity index (χ2n) is 5.82. The van der Waals surface area contributed by atoms with Gasteiger partial charge < -0.3 is 15.2 Å². The van der Waals surface area contributed by atoms with Gasteiger partial charge in [-0.25, -0.2) is 0 Å². The van der Waals surface area contributed by atoms with Gasteiger partial charge in [-0.2, -0.15) is 4.98 Å². The molecule has 2 fully saturated rings. The van der Waals surface area contributed by atoms with Crippen LogP contribution in [0.4, 0.5) is 0 Å². The Labute approximate surface area is 130 Å². The van der Waals surface area contributed by atoms with Crippen molar-refractivity contribution in [2.45, 2.75) is 56.9 Å². The quantitative estimate of drug-likeness (QED) is 0.881. The highest BCUT2D eigenvalue weighted by atomic mass is 35.5. The summed E-state index contributed by atoms with van der Waals surface area (Å²) in [5.41, 5.74) is 0. The highest BCUT2D eigenvalue weighted by Crippen LogP contribution is 2.20. The summed E-state index contributed by atoms with van der Waals surface area (Å²) in [5.74, 6) is 1.47. The van der Waals surface area contributed by atoms with Crippen LogP contribution in [0.15, 0.2) is 4.52 Å². The molecule has 118 valence electrons. The van der Waals surface area contributed by atoms with E-state index in [0.717, 1.165) is 32.4 Å². The molecule has 1 saturated carbocycles. The number of carbonyl (C=O) groups excluding carboxylic acids is 1. The zero-order valence-electron chi connectivity index (χ0n) is 12.1. The van der Waals surface area contributed by atoms with E-state index in [-0.39, 0.29) is 24.7 Å². The summed E-state index contributed by atoms with van der Waals surface area (Å²) in [6, 6.07) is 0.335. The van der Waals surface area contributed by atoms with Crippen molar-refractivity contribution in [3.8, 4) is 0 Å². The molecule has 0 spiro atoms. The minimum Gasteiger partial charge on any atom is -0.353 e. The Morgan fingerprint density at radius 2 is 2.10 bits per heavy atom. The predicted octanol–water partition coefficient (Wildman–Crippen LogP) is 1.56. The number of carbonyl (C=O) groups is 1. The molecule has 1 saturated heterocycles. The molecule has 1 aliphatic carbocycles. The zero-order valence-corrected chi connectivity index (χ0v) is 13.0. The molecule has 21 heavy (non-hydrogen) atoms. The molecule has 0 unspecified atom stereocenters. The second-order valence-corrected chi connectivity index (χ2v) is 5.82. The minimum atomic E-state index is 0. The van der Waals surface area contributed by atoms with Gasteiger partial charge in [-0.05, 0) is 25.8 Å². The Balaban J connectivity index is 0.00000161. The first-order valence-corrected chi connectivity index (χ1v) is 7.64. The van der Waals surface area contributed by atoms with E-state index in [1.165, 1.54) is 19.3 Å². The third kappa shape index (κ3) is 4.41. The van der Waals surface area contributed by atoms with Gasteiger partial charge in [0, 0.05) is 12.6 Å². The van der Waals surface area contributed by atoms with Gasteiger partial charge in [0.25, 0.3) is 0 Å². The van der Waals surface area contributed by atoms with Crippen molar-refractivity contribution >= 4 is 18.3 Å². The molecule has 2 N–H and O–H groups in total. The molecule has 1 aliphatic heterocycles. The Kier molecular flexibility index (Phi) is 5.99. The van der Waals surface area contributed by atoms with Gasteiger partial charge in [0.1, 0.15) is 0 Å². The topological polar surface area (TPSA) is 80.1 Å². The average Bonchev–Trinajstić information content (AvgIpc) is 3.10. The molecular weight excluding hydrogens is 292 g/mol. The van der Waals surface area contributed by atoms with Crippen LogP contribution in [-0.2, 0) is 11.2 Å². The lowest BCUT2D eigenvalue weighted by atomic mass is 9.95. The molecule has 0 radical (unpaired) electrons. The van der Waals surface area contributed by atoms with E-state index in [4.69, 9.17) is 4.52 Å². The van der Waals surface area contributed by atoms with Crippen molar-refractivity contribution in [1.29, 1.82) is 0 Å². The molecule has 1 atom stereocenters.